The number of fused-ring (bicyclic) bond motifs is 1. The lowest BCUT2D eigenvalue weighted by atomic mass is 10.3. The van der Waals surface area contributed by atoms with Gasteiger partial charge < -0.3 is 0 Å². The molecule has 0 saturated carbocycles. The molecule has 0 bridgehead atoms. The van der Waals surface area contributed by atoms with E-state index >= 15 is 0 Å². The molecular formula is C9H8ClNS2. The van der Waals surface area contributed by atoms with E-state index < -0.39 is 0 Å². The lowest BCUT2D eigenvalue weighted by Gasteiger charge is -1.88. The molecule has 0 aliphatic heterocycles. The zero-order chi connectivity index (χ0) is 9.26. The fourth-order valence-electron chi connectivity index (χ4n) is 1.08. The Morgan fingerprint density at radius 1 is 1.54 bits per heavy atom. The Kier molecular flexibility index (Phi) is 2.77. The number of thioether (sulfide) groups is 1. The van der Waals surface area contributed by atoms with Crippen LogP contribution in [0.2, 0.25) is 5.02 Å². The zero-order valence-electron chi connectivity index (χ0n) is 7.08. The second-order valence-electron chi connectivity index (χ2n) is 2.50. The van der Waals surface area contributed by atoms with Crippen molar-refractivity contribution in [3.05, 3.63) is 23.2 Å². The van der Waals surface area contributed by atoms with Crippen LogP contribution < -0.4 is 0 Å². The fourth-order valence-corrected chi connectivity index (χ4v) is 3.34. The number of rotatable bonds is 2. The van der Waals surface area contributed by atoms with E-state index in [0.717, 1.165) is 20.6 Å². The first kappa shape index (κ1) is 9.31. The molecule has 0 amide bonds. The molecule has 0 saturated heterocycles. The topological polar surface area (TPSA) is 12.9 Å². The van der Waals surface area contributed by atoms with E-state index in [1.165, 1.54) is 4.70 Å². The van der Waals surface area contributed by atoms with Crippen LogP contribution in [0.1, 0.15) is 6.92 Å². The maximum atomic E-state index is 6.01. The summed E-state index contributed by atoms with van der Waals surface area (Å²) in [6.45, 7) is 2.12. The number of thiazole rings is 1. The minimum Gasteiger partial charge on any atom is -0.228 e. The Balaban J connectivity index is 2.55. The van der Waals surface area contributed by atoms with Crippen LogP contribution in [-0.2, 0) is 0 Å². The van der Waals surface area contributed by atoms with Gasteiger partial charge in [0, 0.05) is 0 Å². The summed E-state index contributed by atoms with van der Waals surface area (Å²) in [4.78, 5) is 4.45. The van der Waals surface area contributed by atoms with Crippen LogP contribution in [0.5, 0.6) is 0 Å². The largest absolute Gasteiger partial charge is 0.228 e. The molecule has 1 heterocycles. The van der Waals surface area contributed by atoms with Crippen molar-refractivity contribution in [2.75, 3.05) is 5.75 Å². The van der Waals surface area contributed by atoms with Gasteiger partial charge in [0.2, 0.25) is 0 Å². The van der Waals surface area contributed by atoms with E-state index in [1.54, 1.807) is 23.1 Å². The molecule has 1 aromatic heterocycles. The number of aromatic nitrogens is 1. The molecule has 0 fully saturated rings. The first-order valence-electron chi connectivity index (χ1n) is 3.99. The zero-order valence-corrected chi connectivity index (χ0v) is 9.47. The maximum absolute atomic E-state index is 6.01. The highest BCUT2D eigenvalue weighted by Gasteiger charge is 2.05. The molecule has 68 valence electrons. The first-order chi connectivity index (χ1) is 6.31. The van der Waals surface area contributed by atoms with Crippen LogP contribution >= 0.6 is 34.7 Å². The monoisotopic (exact) mass is 229 g/mol. The van der Waals surface area contributed by atoms with Gasteiger partial charge in [-0.3, -0.25) is 0 Å². The molecular weight excluding hydrogens is 222 g/mol. The van der Waals surface area contributed by atoms with Gasteiger partial charge in [-0.25, -0.2) is 4.98 Å². The molecule has 13 heavy (non-hydrogen) atoms. The van der Waals surface area contributed by atoms with Gasteiger partial charge in [0.1, 0.15) is 5.52 Å². The summed E-state index contributed by atoms with van der Waals surface area (Å²) in [7, 11) is 0. The molecule has 1 aromatic carbocycles. The maximum Gasteiger partial charge on any atom is 0.151 e. The molecule has 0 N–H and O–H groups in total. The summed E-state index contributed by atoms with van der Waals surface area (Å²) in [6.07, 6.45) is 0. The van der Waals surface area contributed by atoms with E-state index in [9.17, 15) is 0 Å². The molecule has 0 aliphatic carbocycles. The lowest BCUT2D eigenvalue weighted by Crippen LogP contribution is -1.71. The van der Waals surface area contributed by atoms with Crippen molar-refractivity contribution in [2.45, 2.75) is 11.3 Å². The van der Waals surface area contributed by atoms with Crippen LogP contribution in [0.25, 0.3) is 10.2 Å². The fraction of sp³-hybridized carbons (Fsp3) is 0.222. The van der Waals surface area contributed by atoms with Crippen LogP contribution in [0.15, 0.2) is 22.5 Å². The average Bonchev–Trinajstić information content (AvgIpc) is 2.49. The summed E-state index contributed by atoms with van der Waals surface area (Å²) >= 11 is 9.47. The second-order valence-corrected chi connectivity index (χ2v) is 5.45. The number of hydrogen-bond acceptors (Lipinski definition) is 3. The van der Waals surface area contributed by atoms with Gasteiger partial charge in [0.15, 0.2) is 4.34 Å². The van der Waals surface area contributed by atoms with Gasteiger partial charge in [0.25, 0.3) is 0 Å². The predicted octanol–water partition coefficient (Wildman–Crippen LogP) is 4.06. The highest BCUT2D eigenvalue weighted by molar-refractivity contribution is 8.01. The Morgan fingerprint density at radius 2 is 2.38 bits per heavy atom. The van der Waals surface area contributed by atoms with E-state index in [1.807, 2.05) is 12.1 Å². The molecule has 0 aliphatic rings. The number of para-hydroxylation sites is 1. The Bertz CT molecular complexity index is 424. The second kappa shape index (κ2) is 3.86. The number of halogens is 1. The van der Waals surface area contributed by atoms with Crippen LogP contribution in [0.3, 0.4) is 0 Å². The minimum absolute atomic E-state index is 0.747. The Hall–Kier alpha value is -0.250. The summed E-state index contributed by atoms with van der Waals surface area (Å²) in [5, 5.41) is 0.747. The molecule has 0 radical (unpaired) electrons. The molecule has 0 unspecified atom stereocenters. The van der Waals surface area contributed by atoms with Gasteiger partial charge in [0.05, 0.1) is 9.72 Å². The van der Waals surface area contributed by atoms with Crippen molar-refractivity contribution in [1.29, 1.82) is 0 Å². The third-order valence-corrected chi connectivity index (χ3v) is 3.97. The van der Waals surface area contributed by atoms with Gasteiger partial charge in [-0.05, 0) is 17.9 Å². The number of nitrogens with zero attached hydrogens (tertiary/aromatic N) is 1. The minimum atomic E-state index is 0.747. The highest BCUT2D eigenvalue weighted by Crippen LogP contribution is 2.32. The summed E-state index contributed by atoms with van der Waals surface area (Å²) in [6, 6.07) is 5.89. The average molecular weight is 230 g/mol. The molecule has 0 spiro atoms. The summed E-state index contributed by atoms with van der Waals surface area (Å²) in [5.41, 5.74) is 0.935. The van der Waals surface area contributed by atoms with Gasteiger partial charge in [-0.1, -0.05) is 36.4 Å². The molecule has 1 nitrogen and oxygen atoms in total. The van der Waals surface area contributed by atoms with E-state index in [2.05, 4.69) is 18.0 Å². The molecule has 0 atom stereocenters. The summed E-state index contributed by atoms with van der Waals surface area (Å²) < 4.78 is 2.27. The van der Waals surface area contributed by atoms with Crippen molar-refractivity contribution in [2.24, 2.45) is 0 Å². The quantitative estimate of drug-likeness (QED) is 0.721. The molecule has 2 rings (SSSR count). The third kappa shape index (κ3) is 1.82. The third-order valence-electron chi connectivity index (χ3n) is 1.62. The number of benzene rings is 1. The predicted molar refractivity (Wildman–Crippen MR) is 61.0 cm³/mol. The van der Waals surface area contributed by atoms with Crippen molar-refractivity contribution >= 4 is 44.9 Å². The number of hydrogen-bond donors (Lipinski definition) is 0. The van der Waals surface area contributed by atoms with Crippen molar-refractivity contribution in [1.82, 2.24) is 4.98 Å². The van der Waals surface area contributed by atoms with Gasteiger partial charge in [-0.15, -0.1) is 11.3 Å². The highest BCUT2D eigenvalue weighted by atomic mass is 35.5. The van der Waals surface area contributed by atoms with Crippen LogP contribution in [0, 0.1) is 0 Å². The standard InChI is InChI=1S/C9H8ClNS2/c1-2-12-9-11-8-6(10)4-3-5-7(8)13-9/h3-5H,2H2,1H3. The van der Waals surface area contributed by atoms with Crippen molar-refractivity contribution in [3.63, 3.8) is 0 Å². The van der Waals surface area contributed by atoms with Crippen LogP contribution in [-0.4, -0.2) is 10.7 Å². The van der Waals surface area contributed by atoms with E-state index in [4.69, 9.17) is 11.6 Å². The Morgan fingerprint density at radius 3 is 3.08 bits per heavy atom. The first-order valence-corrected chi connectivity index (χ1v) is 6.17. The normalized spacial score (nSPS) is 10.9. The lowest BCUT2D eigenvalue weighted by molar-refractivity contribution is 1.30. The Labute approximate surface area is 90.1 Å². The van der Waals surface area contributed by atoms with Gasteiger partial charge in [-0.2, -0.15) is 0 Å². The van der Waals surface area contributed by atoms with Crippen LogP contribution in [0.4, 0.5) is 0 Å². The van der Waals surface area contributed by atoms with Gasteiger partial charge >= 0.3 is 0 Å². The van der Waals surface area contributed by atoms with E-state index in [0.29, 0.717) is 0 Å². The SMILES string of the molecule is CCSc1nc2c(Cl)cccc2s1. The van der Waals surface area contributed by atoms with Crippen molar-refractivity contribution in [3.8, 4) is 0 Å². The van der Waals surface area contributed by atoms with E-state index in [-0.39, 0.29) is 0 Å². The smallest absolute Gasteiger partial charge is 0.151 e. The molecule has 2 aromatic rings. The van der Waals surface area contributed by atoms with Crippen molar-refractivity contribution < 1.29 is 0 Å². The summed E-state index contributed by atoms with van der Waals surface area (Å²) in [5.74, 6) is 1.05. The molecule has 4 heteroatoms.